The fourth-order valence-electron chi connectivity index (χ4n) is 3.26. The van der Waals surface area contributed by atoms with Crippen molar-refractivity contribution in [1.82, 2.24) is 5.32 Å². The number of rotatable bonds is 6. The molecule has 5 heteroatoms. The number of nitrogens with one attached hydrogen (secondary N) is 1. The number of aryl methyl sites for hydroxylation is 1. The van der Waals surface area contributed by atoms with Crippen LogP contribution in [-0.2, 0) is 16.8 Å². The predicted octanol–water partition coefficient (Wildman–Crippen LogP) is 2.41. The van der Waals surface area contributed by atoms with E-state index < -0.39 is 5.60 Å². The highest BCUT2D eigenvalue weighted by molar-refractivity contribution is 5.77. The van der Waals surface area contributed by atoms with Crippen molar-refractivity contribution in [2.45, 2.75) is 24.9 Å². The fourth-order valence-corrected chi connectivity index (χ4v) is 3.26. The van der Waals surface area contributed by atoms with E-state index in [1.54, 1.807) is 19.2 Å². The quantitative estimate of drug-likeness (QED) is 0.847. The number of benzene rings is 2. The van der Waals surface area contributed by atoms with Crippen LogP contribution in [0.25, 0.3) is 0 Å². The highest BCUT2D eigenvalue weighted by Crippen LogP contribution is 2.34. The Morgan fingerprint density at radius 1 is 1.16 bits per heavy atom. The van der Waals surface area contributed by atoms with E-state index in [0.717, 1.165) is 24.0 Å². The van der Waals surface area contributed by atoms with Crippen molar-refractivity contribution < 1.29 is 19.4 Å². The lowest BCUT2D eigenvalue weighted by Gasteiger charge is -2.34. The molecule has 2 N–H and O–H groups in total. The second kappa shape index (κ2) is 7.57. The van der Waals surface area contributed by atoms with E-state index in [9.17, 15) is 9.90 Å². The molecule has 1 aliphatic carbocycles. The number of hydrogen-bond acceptors (Lipinski definition) is 4. The third-order valence-electron chi connectivity index (χ3n) is 4.56. The molecule has 0 fully saturated rings. The van der Waals surface area contributed by atoms with Gasteiger partial charge in [0.05, 0.1) is 13.7 Å². The molecule has 1 atom stereocenters. The first-order valence-electron chi connectivity index (χ1n) is 8.46. The highest BCUT2D eigenvalue weighted by Gasteiger charge is 2.34. The van der Waals surface area contributed by atoms with Crippen LogP contribution in [0.1, 0.15) is 24.0 Å². The summed E-state index contributed by atoms with van der Waals surface area (Å²) in [6.07, 6.45) is 2.50. The van der Waals surface area contributed by atoms with E-state index in [0.29, 0.717) is 17.9 Å². The molecule has 0 aromatic heterocycles. The summed E-state index contributed by atoms with van der Waals surface area (Å²) in [6.45, 7) is 0.0518. The minimum Gasteiger partial charge on any atom is -0.493 e. The lowest BCUT2D eigenvalue weighted by molar-refractivity contribution is -0.124. The number of fused-ring (bicyclic) bond motifs is 1. The van der Waals surface area contributed by atoms with Gasteiger partial charge in [-0.1, -0.05) is 36.4 Å². The number of carbonyl (C=O) groups excluding carboxylic acids is 1. The first-order chi connectivity index (χ1) is 12.1. The standard InChI is InChI=1S/C20H23NO4/c1-24-17-10-4-5-11-18(17)25-13-19(22)21-14-20(23)12-6-8-15-7-2-3-9-16(15)20/h2-5,7,9-11,23H,6,8,12-14H2,1H3,(H,21,22)/t20-/m1/s1. The summed E-state index contributed by atoms with van der Waals surface area (Å²) < 4.78 is 10.7. The number of aliphatic hydroxyl groups is 1. The summed E-state index contributed by atoms with van der Waals surface area (Å²) in [7, 11) is 1.55. The van der Waals surface area contributed by atoms with Gasteiger partial charge in [0.15, 0.2) is 18.1 Å². The number of para-hydroxylation sites is 2. The van der Waals surface area contributed by atoms with Crippen molar-refractivity contribution in [3.05, 3.63) is 59.7 Å². The average Bonchev–Trinajstić information content (AvgIpc) is 2.65. The number of ether oxygens (including phenoxy) is 2. The zero-order valence-electron chi connectivity index (χ0n) is 14.3. The van der Waals surface area contributed by atoms with Crippen LogP contribution >= 0.6 is 0 Å². The van der Waals surface area contributed by atoms with Crippen LogP contribution in [0.2, 0.25) is 0 Å². The largest absolute Gasteiger partial charge is 0.493 e. The average molecular weight is 341 g/mol. The van der Waals surface area contributed by atoms with Gasteiger partial charge in [-0.05, 0) is 42.5 Å². The topological polar surface area (TPSA) is 67.8 Å². The molecule has 1 amide bonds. The maximum Gasteiger partial charge on any atom is 0.258 e. The Hall–Kier alpha value is -2.53. The summed E-state index contributed by atoms with van der Waals surface area (Å²) in [6, 6.07) is 15.0. The first kappa shape index (κ1) is 17.3. The Kier molecular flexibility index (Phi) is 5.24. The Balaban J connectivity index is 1.58. The van der Waals surface area contributed by atoms with Gasteiger partial charge in [0, 0.05) is 0 Å². The molecule has 0 saturated carbocycles. The molecule has 25 heavy (non-hydrogen) atoms. The summed E-state index contributed by atoms with van der Waals surface area (Å²) >= 11 is 0. The summed E-state index contributed by atoms with van der Waals surface area (Å²) in [4.78, 5) is 12.1. The Morgan fingerprint density at radius 2 is 1.88 bits per heavy atom. The van der Waals surface area contributed by atoms with Crippen LogP contribution in [0.15, 0.2) is 48.5 Å². The van der Waals surface area contributed by atoms with Gasteiger partial charge >= 0.3 is 0 Å². The van der Waals surface area contributed by atoms with Crippen LogP contribution in [0.4, 0.5) is 0 Å². The maximum absolute atomic E-state index is 12.1. The van der Waals surface area contributed by atoms with Crippen molar-refractivity contribution in [1.29, 1.82) is 0 Å². The molecule has 2 aromatic carbocycles. The zero-order valence-corrected chi connectivity index (χ0v) is 14.3. The monoisotopic (exact) mass is 341 g/mol. The lowest BCUT2D eigenvalue weighted by Crippen LogP contribution is -2.44. The summed E-state index contributed by atoms with van der Waals surface area (Å²) in [5, 5.41) is 13.8. The smallest absolute Gasteiger partial charge is 0.258 e. The van der Waals surface area contributed by atoms with Gasteiger partial charge in [-0.2, -0.15) is 0 Å². The number of hydrogen-bond donors (Lipinski definition) is 2. The van der Waals surface area contributed by atoms with Crippen LogP contribution in [0, 0.1) is 0 Å². The summed E-state index contributed by atoms with van der Waals surface area (Å²) in [5.74, 6) is 0.819. The third-order valence-corrected chi connectivity index (χ3v) is 4.56. The molecular weight excluding hydrogens is 318 g/mol. The lowest BCUT2D eigenvalue weighted by atomic mass is 9.79. The van der Waals surface area contributed by atoms with Crippen LogP contribution in [0.5, 0.6) is 11.5 Å². The molecule has 5 nitrogen and oxygen atoms in total. The molecule has 0 bridgehead atoms. The van der Waals surface area contributed by atoms with Crippen molar-refractivity contribution >= 4 is 5.91 Å². The molecule has 3 rings (SSSR count). The molecule has 0 saturated heterocycles. The Labute approximate surface area is 147 Å². The van der Waals surface area contributed by atoms with E-state index in [1.807, 2.05) is 36.4 Å². The number of amides is 1. The maximum atomic E-state index is 12.1. The zero-order chi connectivity index (χ0) is 17.7. The Bertz CT molecular complexity index is 746. The van der Waals surface area contributed by atoms with Crippen LogP contribution in [-0.4, -0.2) is 31.3 Å². The third kappa shape index (κ3) is 3.94. The Morgan fingerprint density at radius 3 is 2.68 bits per heavy atom. The highest BCUT2D eigenvalue weighted by atomic mass is 16.5. The molecule has 132 valence electrons. The number of methoxy groups -OCH3 is 1. The first-order valence-corrected chi connectivity index (χ1v) is 8.46. The van der Waals surface area contributed by atoms with Crippen molar-refractivity contribution in [2.24, 2.45) is 0 Å². The number of carbonyl (C=O) groups is 1. The van der Waals surface area contributed by atoms with Gasteiger partial charge in [-0.15, -0.1) is 0 Å². The molecule has 0 unspecified atom stereocenters. The van der Waals surface area contributed by atoms with Crippen molar-refractivity contribution in [3.63, 3.8) is 0 Å². The van der Waals surface area contributed by atoms with Crippen LogP contribution < -0.4 is 14.8 Å². The molecule has 1 aliphatic rings. The van der Waals surface area contributed by atoms with E-state index in [2.05, 4.69) is 5.32 Å². The molecular formula is C20H23NO4. The van der Waals surface area contributed by atoms with Gasteiger partial charge in [0.2, 0.25) is 0 Å². The van der Waals surface area contributed by atoms with Gasteiger partial charge in [0.25, 0.3) is 5.91 Å². The fraction of sp³-hybridized carbons (Fsp3) is 0.350. The minimum absolute atomic E-state index is 0.127. The van der Waals surface area contributed by atoms with Crippen LogP contribution in [0.3, 0.4) is 0 Å². The second-order valence-electron chi connectivity index (χ2n) is 6.26. The van der Waals surface area contributed by atoms with E-state index in [4.69, 9.17) is 9.47 Å². The van der Waals surface area contributed by atoms with E-state index in [1.165, 1.54) is 0 Å². The normalized spacial score (nSPS) is 19.0. The van der Waals surface area contributed by atoms with E-state index in [-0.39, 0.29) is 19.1 Å². The van der Waals surface area contributed by atoms with Gasteiger partial charge in [-0.3, -0.25) is 4.79 Å². The van der Waals surface area contributed by atoms with Crippen molar-refractivity contribution in [2.75, 3.05) is 20.3 Å². The molecule has 0 aliphatic heterocycles. The van der Waals surface area contributed by atoms with Crippen molar-refractivity contribution in [3.8, 4) is 11.5 Å². The van der Waals surface area contributed by atoms with Gasteiger partial charge in [-0.25, -0.2) is 0 Å². The SMILES string of the molecule is COc1ccccc1OCC(=O)NC[C@]1(O)CCCc2ccccc21. The molecule has 0 heterocycles. The van der Waals surface area contributed by atoms with Gasteiger partial charge in [0.1, 0.15) is 5.60 Å². The molecule has 0 radical (unpaired) electrons. The van der Waals surface area contributed by atoms with Gasteiger partial charge < -0.3 is 19.9 Å². The molecule has 0 spiro atoms. The minimum atomic E-state index is -1.02. The predicted molar refractivity (Wildman–Crippen MR) is 94.8 cm³/mol. The van der Waals surface area contributed by atoms with E-state index >= 15 is 0 Å². The molecule has 2 aromatic rings. The second-order valence-corrected chi connectivity index (χ2v) is 6.26. The summed E-state index contributed by atoms with van der Waals surface area (Å²) in [5.41, 5.74) is 1.04.